The molecule has 0 bridgehead atoms. The Kier molecular flexibility index (Phi) is 4.77. The van der Waals surface area contributed by atoms with Crippen molar-refractivity contribution in [3.05, 3.63) is 78.0 Å². The topological polar surface area (TPSA) is 92.5 Å². The molecule has 26 heavy (non-hydrogen) atoms. The number of anilines is 1. The van der Waals surface area contributed by atoms with Crippen LogP contribution in [-0.2, 0) is 23.6 Å². The summed E-state index contributed by atoms with van der Waals surface area (Å²) in [5.74, 6) is -1.12. The quantitative estimate of drug-likeness (QED) is 0.719. The van der Waals surface area contributed by atoms with Crippen LogP contribution in [0, 0.1) is 0 Å². The van der Waals surface area contributed by atoms with E-state index in [0.717, 1.165) is 9.87 Å². The number of aryl methyl sites for hydroxylation is 1. The summed E-state index contributed by atoms with van der Waals surface area (Å²) in [6, 6.07) is 16.3. The monoisotopic (exact) mass is 371 g/mol. The lowest BCUT2D eigenvalue weighted by Crippen LogP contribution is -2.31. The van der Waals surface area contributed by atoms with Gasteiger partial charge in [0, 0.05) is 13.2 Å². The maximum absolute atomic E-state index is 13.1. The number of hydrogen-bond acceptors (Lipinski definition) is 4. The van der Waals surface area contributed by atoms with E-state index in [1.54, 1.807) is 19.3 Å². The van der Waals surface area contributed by atoms with Gasteiger partial charge in [-0.05, 0) is 29.8 Å². The first-order valence-corrected chi connectivity index (χ1v) is 9.21. The Labute approximate surface area is 151 Å². The van der Waals surface area contributed by atoms with Gasteiger partial charge >= 0.3 is 5.97 Å². The fourth-order valence-corrected chi connectivity index (χ4v) is 3.90. The highest BCUT2D eigenvalue weighted by Gasteiger charge is 2.28. The van der Waals surface area contributed by atoms with E-state index < -0.39 is 16.0 Å². The minimum Gasteiger partial charge on any atom is -0.478 e. The Balaban J connectivity index is 2.10. The van der Waals surface area contributed by atoms with Gasteiger partial charge in [0.25, 0.3) is 10.0 Å². The maximum atomic E-state index is 13.1. The highest BCUT2D eigenvalue weighted by molar-refractivity contribution is 7.92. The Morgan fingerprint density at radius 3 is 2.46 bits per heavy atom. The molecule has 0 spiro atoms. The lowest BCUT2D eigenvalue weighted by Gasteiger charge is -2.24. The molecule has 0 saturated carbocycles. The van der Waals surface area contributed by atoms with Gasteiger partial charge in [0.1, 0.15) is 0 Å². The molecule has 0 fully saturated rings. The minimum atomic E-state index is -3.97. The minimum absolute atomic E-state index is 0.0109. The van der Waals surface area contributed by atoms with Crippen molar-refractivity contribution in [1.82, 2.24) is 9.78 Å². The first kappa shape index (κ1) is 17.7. The summed E-state index contributed by atoms with van der Waals surface area (Å²) in [4.78, 5) is 11.3. The third-order valence-corrected chi connectivity index (χ3v) is 5.46. The van der Waals surface area contributed by atoms with Crippen molar-refractivity contribution < 1.29 is 18.3 Å². The number of carboxylic acids is 1. The zero-order chi connectivity index (χ0) is 18.7. The number of rotatable bonds is 6. The zero-order valence-corrected chi connectivity index (χ0v) is 14.8. The fourth-order valence-electron chi connectivity index (χ4n) is 2.50. The van der Waals surface area contributed by atoms with Crippen molar-refractivity contribution in [3.8, 4) is 0 Å². The van der Waals surface area contributed by atoms with E-state index in [4.69, 9.17) is 0 Å². The number of aromatic nitrogens is 2. The van der Waals surface area contributed by atoms with E-state index in [-0.39, 0.29) is 22.8 Å². The molecule has 0 aliphatic rings. The van der Waals surface area contributed by atoms with Gasteiger partial charge in [-0.2, -0.15) is 13.5 Å². The van der Waals surface area contributed by atoms with E-state index in [9.17, 15) is 18.3 Å². The molecule has 1 N–H and O–H groups in total. The van der Waals surface area contributed by atoms with E-state index >= 15 is 0 Å². The fraction of sp³-hybridized carbons (Fsp3) is 0.111. The molecule has 0 aliphatic carbocycles. The molecule has 1 heterocycles. The van der Waals surface area contributed by atoms with Gasteiger partial charge in [-0.1, -0.05) is 36.4 Å². The molecule has 0 saturated heterocycles. The predicted molar refractivity (Wildman–Crippen MR) is 96.4 cm³/mol. The van der Waals surface area contributed by atoms with Gasteiger partial charge in [-0.25, -0.2) is 4.79 Å². The Morgan fingerprint density at radius 1 is 1.12 bits per heavy atom. The van der Waals surface area contributed by atoms with Gasteiger partial charge in [0.15, 0.2) is 5.03 Å². The first-order valence-electron chi connectivity index (χ1n) is 7.77. The van der Waals surface area contributed by atoms with Crippen molar-refractivity contribution in [2.24, 2.45) is 7.05 Å². The summed E-state index contributed by atoms with van der Waals surface area (Å²) in [6.45, 7) is 0.0584. The van der Waals surface area contributed by atoms with Crippen molar-refractivity contribution in [2.45, 2.75) is 11.6 Å². The zero-order valence-electron chi connectivity index (χ0n) is 14.0. The molecule has 3 aromatic rings. The number of nitrogens with zero attached hydrogens (tertiary/aromatic N) is 3. The van der Waals surface area contributed by atoms with E-state index in [1.807, 2.05) is 30.3 Å². The van der Waals surface area contributed by atoms with Crippen molar-refractivity contribution >= 4 is 21.7 Å². The first-order chi connectivity index (χ1) is 12.4. The van der Waals surface area contributed by atoms with E-state index in [1.165, 1.54) is 28.9 Å². The van der Waals surface area contributed by atoms with Gasteiger partial charge in [0.05, 0.1) is 17.8 Å². The predicted octanol–water partition coefficient (Wildman–Crippen LogP) is 2.51. The third kappa shape index (κ3) is 3.60. The van der Waals surface area contributed by atoms with Gasteiger partial charge in [-0.15, -0.1) is 0 Å². The highest BCUT2D eigenvalue weighted by atomic mass is 32.2. The van der Waals surface area contributed by atoms with Crippen LogP contribution in [0.5, 0.6) is 0 Å². The molecule has 0 amide bonds. The van der Waals surface area contributed by atoms with Crippen LogP contribution in [-0.4, -0.2) is 29.3 Å². The summed E-state index contributed by atoms with van der Waals surface area (Å²) < 4.78 is 28.8. The molecule has 0 aliphatic heterocycles. The number of sulfonamides is 1. The molecular formula is C18H17N3O4S. The second-order valence-electron chi connectivity index (χ2n) is 5.68. The summed E-state index contributed by atoms with van der Waals surface area (Å²) >= 11 is 0. The molecule has 0 radical (unpaired) electrons. The number of hydrogen-bond donors (Lipinski definition) is 1. The van der Waals surface area contributed by atoms with Crippen LogP contribution < -0.4 is 4.31 Å². The molecule has 134 valence electrons. The van der Waals surface area contributed by atoms with Crippen LogP contribution in [0.25, 0.3) is 0 Å². The van der Waals surface area contributed by atoms with Crippen LogP contribution in [0.15, 0.2) is 71.9 Å². The van der Waals surface area contributed by atoms with Crippen LogP contribution in [0.3, 0.4) is 0 Å². The summed E-state index contributed by atoms with van der Waals surface area (Å²) in [5, 5.41) is 13.1. The van der Waals surface area contributed by atoms with Gasteiger partial charge in [0.2, 0.25) is 0 Å². The van der Waals surface area contributed by atoms with E-state index in [0.29, 0.717) is 0 Å². The third-order valence-electron chi connectivity index (χ3n) is 3.79. The largest absolute Gasteiger partial charge is 0.478 e. The second kappa shape index (κ2) is 7.01. The SMILES string of the molecule is Cn1ccc(S(=O)(=O)N(Cc2ccccc2)c2cccc(C(=O)O)c2)n1. The molecule has 0 atom stereocenters. The number of carboxylic acid groups (broad SMARTS) is 1. The standard InChI is InChI=1S/C18H17N3O4S/c1-20-11-10-17(19-20)26(24,25)21(13-14-6-3-2-4-7-14)16-9-5-8-15(12-16)18(22)23/h2-12H,13H2,1H3,(H,22,23). The van der Waals surface area contributed by atoms with Crippen LogP contribution in [0.1, 0.15) is 15.9 Å². The number of benzene rings is 2. The van der Waals surface area contributed by atoms with Gasteiger partial charge in [-0.3, -0.25) is 8.99 Å². The molecule has 8 heteroatoms. The normalized spacial score (nSPS) is 11.3. The molecule has 1 aromatic heterocycles. The molecule has 2 aromatic carbocycles. The maximum Gasteiger partial charge on any atom is 0.335 e. The smallest absolute Gasteiger partial charge is 0.335 e. The molecule has 0 unspecified atom stereocenters. The lowest BCUT2D eigenvalue weighted by atomic mass is 10.2. The lowest BCUT2D eigenvalue weighted by molar-refractivity contribution is 0.0697. The van der Waals surface area contributed by atoms with E-state index in [2.05, 4.69) is 5.10 Å². The van der Waals surface area contributed by atoms with Crippen LogP contribution in [0.2, 0.25) is 0 Å². The van der Waals surface area contributed by atoms with Crippen LogP contribution in [0.4, 0.5) is 5.69 Å². The highest BCUT2D eigenvalue weighted by Crippen LogP contribution is 2.26. The average molecular weight is 371 g/mol. The van der Waals surface area contributed by atoms with Crippen LogP contribution >= 0.6 is 0 Å². The summed E-state index contributed by atoms with van der Waals surface area (Å²) in [6.07, 6.45) is 1.54. The molecule has 7 nitrogen and oxygen atoms in total. The average Bonchev–Trinajstić information content (AvgIpc) is 3.08. The molecule has 3 rings (SSSR count). The molecular weight excluding hydrogens is 354 g/mol. The van der Waals surface area contributed by atoms with Crippen molar-refractivity contribution in [3.63, 3.8) is 0 Å². The Bertz CT molecular complexity index is 1030. The Hall–Kier alpha value is -3.13. The summed E-state index contributed by atoms with van der Waals surface area (Å²) in [5.41, 5.74) is 1.05. The van der Waals surface area contributed by atoms with Gasteiger partial charge < -0.3 is 5.11 Å². The Morgan fingerprint density at radius 2 is 1.85 bits per heavy atom. The number of carbonyl (C=O) groups is 1. The second-order valence-corrected chi connectivity index (χ2v) is 7.49. The van der Waals surface area contributed by atoms with Crippen molar-refractivity contribution in [2.75, 3.05) is 4.31 Å². The van der Waals surface area contributed by atoms with Crippen molar-refractivity contribution in [1.29, 1.82) is 0 Å². The summed E-state index contributed by atoms with van der Waals surface area (Å²) in [7, 11) is -2.33. The number of aromatic carboxylic acids is 1.